The fraction of sp³-hybridized carbons (Fsp3) is 0.105. The minimum atomic E-state index is -0.716. The van der Waals surface area contributed by atoms with Crippen molar-refractivity contribution in [3.05, 3.63) is 61.8 Å². The predicted molar refractivity (Wildman–Crippen MR) is 114 cm³/mol. The Morgan fingerprint density at radius 2 is 1.96 bits per heavy atom. The molecule has 3 rings (SSSR count). The number of phenolic OH excluding ortho intramolecular Hbond substituents is 1. The lowest BCUT2D eigenvalue weighted by Gasteiger charge is -2.12. The molecule has 1 heterocycles. The van der Waals surface area contributed by atoms with E-state index < -0.39 is 24.4 Å². The number of halogens is 2. The van der Waals surface area contributed by atoms with Gasteiger partial charge in [0.15, 0.2) is 0 Å². The molecule has 0 aromatic heterocycles. The number of phenols is 1. The number of rotatable bonds is 4. The van der Waals surface area contributed by atoms with Gasteiger partial charge in [0.25, 0.3) is 5.91 Å². The number of hydrogen-bond donors (Lipinski definition) is 3. The highest BCUT2D eigenvalue weighted by Crippen LogP contribution is 2.30. The smallest absolute Gasteiger partial charge is 0.329 e. The minimum absolute atomic E-state index is 0.0542. The molecule has 3 N–H and O–H groups in total. The van der Waals surface area contributed by atoms with Crippen molar-refractivity contribution in [2.45, 2.75) is 6.92 Å². The average molecular weight is 512 g/mol. The van der Waals surface area contributed by atoms with E-state index in [-0.39, 0.29) is 17.0 Å². The number of benzene rings is 2. The summed E-state index contributed by atoms with van der Waals surface area (Å²) in [5.41, 5.74) is 1.84. The molecule has 144 valence electrons. The van der Waals surface area contributed by atoms with Crippen LogP contribution in [0, 0.1) is 10.5 Å². The maximum absolute atomic E-state index is 12.5. The summed E-state index contributed by atoms with van der Waals surface area (Å²) in [4.78, 5) is 37.6. The van der Waals surface area contributed by atoms with Crippen molar-refractivity contribution in [1.82, 2.24) is 10.2 Å². The van der Waals surface area contributed by atoms with Crippen molar-refractivity contribution in [3.8, 4) is 5.75 Å². The van der Waals surface area contributed by atoms with Crippen LogP contribution in [-0.4, -0.2) is 34.4 Å². The topological polar surface area (TPSA) is 98.7 Å². The van der Waals surface area contributed by atoms with Gasteiger partial charge in [-0.1, -0.05) is 29.3 Å². The maximum atomic E-state index is 12.5. The van der Waals surface area contributed by atoms with E-state index in [1.165, 1.54) is 12.1 Å². The number of aromatic hydroxyl groups is 1. The van der Waals surface area contributed by atoms with Gasteiger partial charge in [-0.15, -0.1) is 0 Å². The van der Waals surface area contributed by atoms with Gasteiger partial charge in [-0.05, 0) is 59.9 Å². The first-order valence-corrected chi connectivity index (χ1v) is 9.59. The number of aryl methyl sites for hydroxylation is 1. The predicted octanol–water partition coefficient (Wildman–Crippen LogP) is 3.49. The van der Waals surface area contributed by atoms with Crippen LogP contribution in [0.25, 0.3) is 6.08 Å². The molecule has 2 aromatic rings. The van der Waals surface area contributed by atoms with Crippen LogP contribution in [-0.2, 0) is 9.59 Å². The number of anilines is 1. The molecule has 0 atom stereocenters. The summed E-state index contributed by atoms with van der Waals surface area (Å²) in [6, 6.07) is 9.45. The normalized spacial score (nSPS) is 15.1. The molecule has 0 saturated carbocycles. The van der Waals surface area contributed by atoms with Gasteiger partial charge in [-0.3, -0.25) is 9.59 Å². The van der Waals surface area contributed by atoms with Gasteiger partial charge in [0.2, 0.25) is 5.91 Å². The van der Waals surface area contributed by atoms with Gasteiger partial charge in [0.05, 0.1) is 3.57 Å². The first-order chi connectivity index (χ1) is 13.2. The molecule has 1 aliphatic rings. The second kappa shape index (κ2) is 8.19. The van der Waals surface area contributed by atoms with Gasteiger partial charge < -0.3 is 15.7 Å². The van der Waals surface area contributed by atoms with Crippen LogP contribution < -0.4 is 10.6 Å². The number of nitrogens with zero attached hydrogens (tertiary/aromatic N) is 1. The van der Waals surface area contributed by atoms with E-state index >= 15 is 0 Å². The summed E-state index contributed by atoms with van der Waals surface area (Å²) in [5.74, 6) is -1.23. The molecule has 0 unspecified atom stereocenters. The van der Waals surface area contributed by atoms with Gasteiger partial charge >= 0.3 is 6.03 Å². The van der Waals surface area contributed by atoms with Crippen LogP contribution in [0.4, 0.5) is 10.5 Å². The van der Waals surface area contributed by atoms with Crippen LogP contribution in [0.15, 0.2) is 42.1 Å². The van der Waals surface area contributed by atoms with Crippen LogP contribution >= 0.6 is 34.2 Å². The second-order valence-corrected chi connectivity index (χ2v) is 7.72. The van der Waals surface area contributed by atoms with Crippen LogP contribution in [0.5, 0.6) is 5.75 Å². The van der Waals surface area contributed by atoms with Gasteiger partial charge in [-0.25, -0.2) is 9.69 Å². The van der Waals surface area contributed by atoms with Gasteiger partial charge in [-0.2, -0.15) is 0 Å². The Labute approximate surface area is 179 Å². The Bertz CT molecular complexity index is 1000. The van der Waals surface area contributed by atoms with Crippen molar-refractivity contribution < 1.29 is 19.5 Å². The number of amides is 4. The standard InChI is InChI=1S/C19H15ClIN3O4/c1-10-2-4-13(5-3-10)22-16(25)9-24-18(27)15(23-19(24)28)7-11-6-12(20)8-14(21)17(11)26/h2-8,26H,9H2,1H3,(H,22,25)(H,23,28)/b15-7+. The third kappa shape index (κ3) is 4.45. The summed E-state index contributed by atoms with van der Waals surface area (Å²) in [6.45, 7) is 1.49. The van der Waals surface area contributed by atoms with E-state index in [2.05, 4.69) is 10.6 Å². The Kier molecular flexibility index (Phi) is 5.90. The number of carbonyl (C=O) groups is 3. The molecular weight excluding hydrogens is 497 g/mol. The number of carbonyl (C=O) groups excluding carboxylic acids is 3. The zero-order chi connectivity index (χ0) is 20.4. The van der Waals surface area contributed by atoms with Crippen LogP contribution in [0.1, 0.15) is 11.1 Å². The van der Waals surface area contributed by atoms with Crippen molar-refractivity contribution in [2.75, 3.05) is 11.9 Å². The SMILES string of the molecule is Cc1ccc(NC(=O)CN2C(=O)N/C(=C/c3cc(Cl)cc(I)c3O)C2=O)cc1. The van der Waals surface area contributed by atoms with Crippen molar-refractivity contribution >= 4 is 63.8 Å². The molecule has 2 aromatic carbocycles. The van der Waals surface area contributed by atoms with Crippen molar-refractivity contribution in [1.29, 1.82) is 0 Å². The Balaban J connectivity index is 1.74. The van der Waals surface area contributed by atoms with Crippen molar-refractivity contribution in [2.24, 2.45) is 0 Å². The Morgan fingerprint density at radius 3 is 2.64 bits per heavy atom. The molecule has 4 amide bonds. The second-order valence-electron chi connectivity index (χ2n) is 6.12. The zero-order valence-corrected chi connectivity index (χ0v) is 17.5. The highest BCUT2D eigenvalue weighted by molar-refractivity contribution is 14.1. The highest BCUT2D eigenvalue weighted by Gasteiger charge is 2.35. The third-order valence-electron chi connectivity index (χ3n) is 3.96. The monoisotopic (exact) mass is 511 g/mol. The number of hydrogen-bond acceptors (Lipinski definition) is 4. The van der Waals surface area contributed by atoms with Crippen LogP contribution in [0.2, 0.25) is 5.02 Å². The quantitative estimate of drug-likeness (QED) is 0.332. The number of nitrogens with one attached hydrogen (secondary N) is 2. The molecule has 1 fully saturated rings. The average Bonchev–Trinajstić information content (AvgIpc) is 2.88. The fourth-order valence-electron chi connectivity index (χ4n) is 2.55. The molecule has 0 bridgehead atoms. The summed E-state index contributed by atoms with van der Waals surface area (Å²) < 4.78 is 0.503. The van der Waals surface area contributed by atoms with E-state index in [1.807, 2.05) is 41.6 Å². The summed E-state index contributed by atoms with van der Waals surface area (Å²) in [5, 5.41) is 15.5. The molecule has 1 aliphatic heterocycles. The van der Waals surface area contributed by atoms with E-state index in [9.17, 15) is 19.5 Å². The van der Waals surface area contributed by atoms with Gasteiger partial charge in [0.1, 0.15) is 18.0 Å². The highest BCUT2D eigenvalue weighted by atomic mass is 127. The molecule has 7 nitrogen and oxygen atoms in total. The largest absolute Gasteiger partial charge is 0.506 e. The number of urea groups is 1. The molecule has 1 saturated heterocycles. The molecule has 9 heteroatoms. The lowest BCUT2D eigenvalue weighted by molar-refractivity contribution is -0.127. The molecule has 0 spiro atoms. The van der Waals surface area contributed by atoms with Gasteiger partial charge in [0, 0.05) is 16.3 Å². The number of imide groups is 1. The van der Waals surface area contributed by atoms with E-state index in [0.717, 1.165) is 10.5 Å². The maximum Gasteiger partial charge on any atom is 0.329 e. The molecule has 28 heavy (non-hydrogen) atoms. The summed E-state index contributed by atoms with van der Waals surface area (Å²) >= 11 is 7.88. The molecule has 0 radical (unpaired) electrons. The van der Waals surface area contributed by atoms with E-state index in [1.54, 1.807) is 18.2 Å². The fourth-order valence-corrected chi connectivity index (χ4v) is 3.61. The van der Waals surface area contributed by atoms with E-state index in [4.69, 9.17) is 11.6 Å². The lowest BCUT2D eigenvalue weighted by Crippen LogP contribution is -2.38. The zero-order valence-electron chi connectivity index (χ0n) is 14.6. The van der Waals surface area contributed by atoms with Crippen LogP contribution in [0.3, 0.4) is 0 Å². The first kappa shape index (κ1) is 20.2. The van der Waals surface area contributed by atoms with Crippen molar-refractivity contribution in [3.63, 3.8) is 0 Å². The first-order valence-electron chi connectivity index (χ1n) is 8.13. The minimum Gasteiger partial charge on any atom is -0.506 e. The Hall–Kier alpha value is -2.59. The summed E-state index contributed by atoms with van der Waals surface area (Å²) in [7, 11) is 0. The van der Waals surface area contributed by atoms with E-state index in [0.29, 0.717) is 14.3 Å². The lowest BCUT2D eigenvalue weighted by atomic mass is 10.1. The summed E-state index contributed by atoms with van der Waals surface area (Å²) in [6.07, 6.45) is 1.32. The Morgan fingerprint density at radius 1 is 1.29 bits per heavy atom. The molecule has 0 aliphatic carbocycles. The molecular formula is C19H15ClIN3O4. The third-order valence-corrected chi connectivity index (χ3v) is 5.00.